The van der Waals surface area contributed by atoms with Gasteiger partial charge in [0.25, 0.3) is 11.8 Å². The fourth-order valence-electron chi connectivity index (χ4n) is 4.05. The van der Waals surface area contributed by atoms with Crippen molar-refractivity contribution in [1.82, 2.24) is 14.5 Å². The first kappa shape index (κ1) is 26.8. The van der Waals surface area contributed by atoms with Gasteiger partial charge >= 0.3 is 5.97 Å². The number of sulfonamides is 1. The van der Waals surface area contributed by atoms with Crippen molar-refractivity contribution < 1.29 is 27.5 Å². The Balaban J connectivity index is 1.83. The molecular weight excluding hydrogens is 446 g/mol. The quantitative estimate of drug-likeness (QED) is 0.485. The molecule has 0 unspecified atom stereocenters. The van der Waals surface area contributed by atoms with Crippen molar-refractivity contribution in [3.63, 3.8) is 0 Å². The molecule has 0 heterocycles. The topological polar surface area (TPSA) is 113 Å². The molecule has 184 valence electrons. The van der Waals surface area contributed by atoms with E-state index in [4.69, 9.17) is 4.74 Å². The molecule has 1 saturated carbocycles. The van der Waals surface area contributed by atoms with Crippen LogP contribution in [0, 0.1) is 0 Å². The molecule has 0 radical (unpaired) electrons. The smallest absolute Gasteiger partial charge is 0.325 e. The fraction of sp³-hybridized carbons (Fsp3) is 0.609. The molecule has 0 bridgehead atoms. The van der Waals surface area contributed by atoms with E-state index in [9.17, 15) is 22.8 Å². The molecular formula is C23H35N3O6S. The highest BCUT2D eigenvalue weighted by atomic mass is 32.2. The monoisotopic (exact) mass is 481 g/mol. The first-order valence-electron chi connectivity index (χ1n) is 11.6. The van der Waals surface area contributed by atoms with Gasteiger partial charge < -0.3 is 15.0 Å². The van der Waals surface area contributed by atoms with Crippen LogP contribution in [0.3, 0.4) is 0 Å². The highest BCUT2D eigenvalue weighted by Crippen LogP contribution is 2.22. The Morgan fingerprint density at radius 1 is 0.970 bits per heavy atom. The van der Waals surface area contributed by atoms with Crippen molar-refractivity contribution in [3.8, 4) is 0 Å². The summed E-state index contributed by atoms with van der Waals surface area (Å²) in [7, 11) is -3.61. The summed E-state index contributed by atoms with van der Waals surface area (Å²) in [4.78, 5) is 38.6. The van der Waals surface area contributed by atoms with Gasteiger partial charge in [-0.05, 0) is 44.0 Å². The summed E-state index contributed by atoms with van der Waals surface area (Å²) in [6, 6.07) is 5.71. The molecule has 0 aliphatic heterocycles. The van der Waals surface area contributed by atoms with Crippen molar-refractivity contribution in [2.75, 3.05) is 32.8 Å². The average Bonchev–Trinajstić information content (AvgIpc) is 2.83. The SMILES string of the molecule is CCN(C(=O)COC(=O)CNC(=O)c1ccc(S(=O)(=O)N(CC)CC)cc1)C1CCCCC1. The first-order chi connectivity index (χ1) is 15.7. The van der Waals surface area contributed by atoms with Crippen LogP contribution in [0.5, 0.6) is 0 Å². The van der Waals surface area contributed by atoms with E-state index in [1.54, 1.807) is 18.7 Å². The number of rotatable bonds is 11. The Bertz CT molecular complexity index is 907. The van der Waals surface area contributed by atoms with E-state index in [1.165, 1.54) is 35.0 Å². The van der Waals surface area contributed by atoms with Crippen molar-refractivity contribution in [3.05, 3.63) is 29.8 Å². The second-order valence-electron chi connectivity index (χ2n) is 7.93. The van der Waals surface area contributed by atoms with Crippen LogP contribution in [0.1, 0.15) is 63.2 Å². The summed E-state index contributed by atoms with van der Waals surface area (Å²) in [5.74, 6) is -1.48. The van der Waals surface area contributed by atoms with Gasteiger partial charge in [0.1, 0.15) is 6.54 Å². The van der Waals surface area contributed by atoms with Gasteiger partial charge in [-0.3, -0.25) is 14.4 Å². The van der Waals surface area contributed by atoms with Crippen LogP contribution in [0.4, 0.5) is 0 Å². The van der Waals surface area contributed by atoms with Crippen molar-refractivity contribution in [2.24, 2.45) is 0 Å². The maximum Gasteiger partial charge on any atom is 0.325 e. The molecule has 1 fully saturated rings. The van der Waals surface area contributed by atoms with E-state index in [0.717, 1.165) is 25.7 Å². The predicted molar refractivity (Wildman–Crippen MR) is 124 cm³/mol. The lowest BCUT2D eigenvalue weighted by Gasteiger charge is -2.33. The van der Waals surface area contributed by atoms with Gasteiger partial charge in [0.2, 0.25) is 10.0 Å². The molecule has 2 amide bonds. The summed E-state index contributed by atoms with van der Waals surface area (Å²) in [5.41, 5.74) is 0.215. The van der Waals surface area contributed by atoms with Crippen LogP contribution < -0.4 is 5.32 Å². The lowest BCUT2D eigenvalue weighted by Crippen LogP contribution is -2.43. The second kappa shape index (κ2) is 12.7. The van der Waals surface area contributed by atoms with Gasteiger partial charge in [-0.1, -0.05) is 33.1 Å². The molecule has 1 N–H and O–H groups in total. The van der Waals surface area contributed by atoms with E-state index in [1.807, 2.05) is 6.92 Å². The Morgan fingerprint density at radius 3 is 2.12 bits per heavy atom. The van der Waals surface area contributed by atoms with Gasteiger partial charge in [-0.25, -0.2) is 8.42 Å². The normalized spacial score (nSPS) is 14.7. The second-order valence-corrected chi connectivity index (χ2v) is 9.87. The number of hydrogen-bond donors (Lipinski definition) is 1. The zero-order valence-electron chi connectivity index (χ0n) is 19.7. The number of carbonyl (C=O) groups is 3. The van der Waals surface area contributed by atoms with Crippen molar-refractivity contribution in [1.29, 1.82) is 0 Å². The average molecular weight is 482 g/mol. The highest BCUT2D eigenvalue weighted by molar-refractivity contribution is 7.89. The summed E-state index contributed by atoms with van der Waals surface area (Å²) in [5, 5.41) is 2.43. The molecule has 1 aliphatic carbocycles. The van der Waals surface area contributed by atoms with Crippen molar-refractivity contribution in [2.45, 2.75) is 63.8 Å². The lowest BCUT2D eigenvalue weighted by molar-refractivity contribution is -0.152. The molecule has 1 aromatic carbocycles. The third-order valence-electron chi connectivity index (χ3n) is 5.89. The van der Waals surface area contributed by atoms with Crippen LogP contribution in [0.25, 0.3) is 0 Å². The van der Waals surface area contributed by atoms with Gasteiger partial charge in [0.05, 0.1) is 4.90 Å². The van der Waals surface area contributed by atoms with E-state index >= 15 is 0 Å². The summed E-state index contributed by atoms with van der Waals surface area (Å²) in [6.45, 7) is 5.95. The van der Waals surface area contributed by atoms with Crippen LogP contribution >= 0.6 is 0 Å². The van der Waals surface area contributed by atoms with Gasteiger partial charge in [-0.2, -0.15) is 4.31 Å². The van der Waals surface area contributed by atoms with Crippen molar-refractivity contribution >= 4 is 27.8 Å². The number of nitrogens with zero attached hydrogens (tertiary/aromatic N) is 2. The van der Waals surface area contributed by atoms with E-state index in [0.29, 0.717) is 19.6 Å². The maximum atomic E-state index is 12.5. The molecule has 0 saturated heterocycles. The largest absolute Gasteiger partial charge is 0.454 e. The number of ether oxygens (including phenoxy) is 1. The minimum atomic E-state index is -3.61. The molecule has 0 spiro atoms. The highest BCUT2D eigenvalue weighted by Gasteiger charge is 2.25. The van der Waals surface area contributed by atoms with E-state index in [-0.39, 0.29) is 35.6 Å². The molecule has 0 aromatic heterocycles. The third-order valence-corrected chi connectivity index (χ3v) is 7.95. The van der Waals surface area contributed by atoms with E-state index in [2.05, 4.69) is 5.32 Å². The molecule has 2 rings (SSSR count). The summed E-state index contributed by atoms with van der Waals surface area (Å²) in [6.07, 6.45) is 5.33. The summed E-state index contributed by atoms with van der Waals surface area (Å²) < 4.78 is 31.4. The number of benzene rings is 1. The number of hydrogen-bond acceptors (Lipinski definition) is 6. The van der Waals surface area contributed by atoms with E-state index < -0.39 is 21.9 Å². The molecule has 9 nitrogen and oxygen atoms in total. The van der Waals surface area contributed by atoms with Crippen LogP contribution in [-0.4, -0.2) is 74.2 Å². The van der Waals surface area contributed by atoms with Gasteiger partial charge in [0.15, 0.2) is 6.61 Å². The number of esters is 1. The zero-order chi connectivity index (χ0) is 24.4. The number of amides is 2. The molecule has 1 aliphatic rings. The molecule has 10 heteroatoms. The van der Waals surface area contributed by atoms with Gasteiger partial charge in [-0.15, -0.1) is 0 Å². The lowest BCUT2D eigenvalue weighted by atomic mass is 9.94. The standard InChI is InChI=1S/C23H35N3O6S/c1-4-25(5-2)33(30,31)20-14-12-18(13-15-20)23(29)24-16-22(28)32-17-21(27)26(6-3)19-10-8-7-9-11-19/h12-15,19H,4-11,16-17H2,1-3H3,(H,24,29). The van der Waals surface area contributed by atoms with Crippen LogP contribution in [0.2, 0.25) is 0 Å². The summed E-state index contributed by atoms with van der Waals surface area (Å²) >= 11 is 0. The number of nitrogens with one attached hydrogen (secondary N) is 1. The Kier molecular flexibility index (Phi) is 10.3. The minimum absolute atomic E-state index is 0.0964. The Labute approximate surface area is 196 Å². The number of likely N-dealkylation sites (N-methyl/N-ethyl adjacent to an activating group) is 1. The Hall–Kier alpha value is -2.46. The molecule has 1 aromatic rings. The Morgan fingerprint density at radius 2 is 1.58 bits per heavy atom. The predicted octanol–water partition coefficient (Wildman–Crippen LogP) is 2.17. The fourth-order valence-corrected chi connectivity index (χ4v) is 5.51. The molecule has 0 atom stereocenters. The third kappa shape index (κ3) is 7.26. The maximum absolute atomic E-state index is 12.5. The van der Waals surface area contributed by atoms with Gasteiger partial charge in [0, 0.05) is 31.2 Å². The van der Waals surface area contributed by atoms with Crippen LogP contribution in [-0.2, 0) is 24.3 Å². The zero-order valence-corrected chi connectivity index (χ0v) is 20.5. The van der Waals surface area contributed by atoms with Crippen LogP contribution in [0.15, 0.2) is 29.2 Å². The molecule has 33 heavy (non-hydrogen) atoms. The number of carbonyl (C=O) groups excluding carboxylic acids is 3. The first-order valence-corrected chi connectivity index (χ1v) is 13.0. The minimum Gasteiger partial charge on any atom is -0.454 e.